The van der Waals surface area contributed by atoms with E-state index in [1.165, 1.54) is 18.5 Å². The zero-order valence-corrected chi connectivity index (χ0v) is 19.3. The molecule has 2 aliphatic heterocycles. The summed E-state index contributed by atoms with van der Waals surface area (Å²) in [5.74, 6) is 1.53. The first-order valence-corrected chi connectivity index (χ1v) is 10.3. The Hall–Kier alpha value is -1.06. The predicted molar refractivity (Wildman–Crippen MR) is 126 cm³/mol. The van der Waals surface area contributed by atoms with Gasteiger partial charge >= 0.3 is 0 Å². The lowest BCUT2D eigenvalue weighted by Gasteiger charge is -2.19. The van der Waals surface area contributed by atoms with Crippen LogP contribution in [-0.2, 0) is 9.47 Å². The number of aliphatic imine (C=N–C) groups is 1. The van der Waals surface area contributed by atoms with Crippen molar-refractivity contribution in [3.63, 3.8) is 0 Å². The fourth-order valence-corrected chi connectivity index (χ4v) is 3.71. The summed E-state index contributed by atoms with van der Waals surface area (Å²) in [7, 11) is 1.83. The van der Waals surface area contributed by atoms with Crippen molar-refractivity contribution in [2.24, 2.45) is 10.9 Å². The molecule has 0 spiro atoms. The third-order valence-corrected chi connectivity index (χ3v) is 5.27. The van der Waals surface area contributed by atoms with Crippen molar-refractivity contribution in [3.8, 4) is 0 Å². The molecule has 2 fully saturated rings. The zero-order chi connectivity index (χ0) is 18.7. The average molecular weight is 502 g/mol. The summed E-state index contributed by atoms with van der Waals surface area (Å²) < 4.78 is 11.3. The van der Waals surface area contributed by atoms with Crippen LogP contribution in [0.2, 0.25) is 0 Å². The number of guanidine groups is 1. The first kappa shape index (κ1) is 23.2. The second-order valence-electron chi connectivity index (χ2n) is 7.38. The second-order valence-corrected chi connectivity index (χ2v) is 7.38. The molecular weight excluding hydrogens is 467 g/mol. The molecule has 0 amide bonds. The number of hydrogen-bond acceptors (Lipinski definition) is 4. The number of ether oxygens (including phenoxy) is 2. The van der Waals surface area contributed by atoms with Crippen molar-refractivity contribution in [1.29, 1.82) is 0 Å². The molecule has 7 heteroatoms. The van der Waals surface area contributed by atoms with Gasteiger partial charge in [-0.3, -0.25) is 4.99 Å². The van der Waals surface area contributed by atoms with Crippen molar-refractivity contribution in [1.82, 2.24) is 10.6 Å². The minimum absolute atomic E-state index is 0. The molecule has 158 valence electrons. The van der Waals surface area contributed by atoms with Crippen LogP contribution >= 0.6 is 24.0 Å². The van der Waals surface area contributed by atoms with Crippen molar-refractivity contribution in [3.05, 3.63) is 30.3 Å². The zero-order valence-electron chi connectivity index (χ0n) is 16.9. The maximum absolute atomic E-state index is 5.70. The standard InChI is InChI=1S/C21H34N4O2.HI/c1-22-21(23-11-6-13-26-17-20-9-5-14-27-20)24-15-18-10-12-25(16-18)19-7-3-2-4-8-19;/h2-4,7-8,18,20H,5-6,9-17H2,1H3,(H2,22,23,24);1H. The van der Waals surface area contributed by atoms with Crippen molar-refractivity contribution in [2.75, 3.05) is 57.9 Å². The molecule has 2 atom stereocenters. The molecule has 28 heavy (non-hydrogen) atoms. The van der Waals surface area contributed by atoms with E-state index in [2.05, 4.69) is 50.9 Å². The van der Waals surface area contributed by atoms with Crippen molar-refractivity contribution < 1.29 is 9.47 Å². The van der Waals surface area contributed by atoms with E-state index in [1.807, 2.05) is 7.05 Å². The maximum Gasteiger partial charge on any atom is 0.190 e. The summed E-state index contributed by atoms with van der Waals surface area (Å²) in [5.41, 5.74) is 1.32. The molecular formula is C21H35IN4O2. The Morgan fingerprint density at radius 1 is 1.25 bits per heavy atom. The van der Waals surface area contributed by atoms with Gasteiger partial charge in [0, 0.05) is 52.1 Å². The molecule has 0 aliphatic carbocycles. The van der Waals surface area contributed by atoms with Crippen LogP contribution in [0.5, 0.6) is 0 Å². The third-order valence-electron chi connectivity index (χ3n) is 5.27. The summed E-state index contributed by atoms with van der Waals surface area (Å²) in [4.78, 5) is 6.79. The molecule has 0 radical (unpaired) electrons. The minimum atomic E-state index is 0. The number of hydrogen-bond donors (Lipinski definition) is 2. The van der Waals surface area contributed by atoms with Crippen LogP contribution < -0.4 is 15.5 Å². The molecule has 0 saturated carbocycles. The highest BCUT2D eigenvalue weighted by atomic mass is 127. The van der Waals surface area contributed by atoms with Gasteiger partial charge in [-0.15, -0.1) is 24.0 Å². The van der Waals surface area contributed by atoms with Crippen molar-refractivity contribution in [2.45, 2.75) is 31.8 Å². The van der Waals surface area contributed by atoms with Gasteiger partial charge in [0.1, 0.15) is 0 Å². The van der Waals surface area contributed by atoms with Gasteiger partial charge < -0.3 is 25.0 Å². The Kier molecular flexibility index (Phi) is 11.0. The summed E-state index contributed by atoms with van der Waals surface area (Å²) in [6, 6.07) is 10.7. The topological polar surface area (TPSA) is 58.1 Å². The van der Waals surface area contributed by atoms with E-state index in [0.717, 1.165) is 64.8 Å². The van der Waals surface area contributed by atoms with Crippen LogP contribution in [0, 0.1) is 5.92 Å². The number of rotatable bonds is 9. The Bertz CT molecular complexity index is 567. The first-order valence-electron chi connectivity index (χ1n) is 10.3. The van der Waals surface area contributed by atoms with Crippen LogP contribution in [0.4, 0.5) is 5.69 Å². The number of para-hydroxylation sites is 1. The molecule has 6 nitrogen and oxygen atoms in total. The van der Waals surface area contributed by atoms with Gasteiger partial charge in [-0.25, -0.2) is 0 Å². The monoisotopic (exact) mass is 502 g/mol. The van der Waals surface area contributed by atoms with E-state index >= 15 is 0 Å². The van der Waals surface area contributed by atoms with Crippen molar-refractivity contribution >= 4 is 35.6 Å². The number of halogens is 1. The lowest BCUT2D eigenvalue weighted by molar-refractivity contribution is 0.0168. The van der Waals surface area contributed by atoms with Gasteiger partial charge in [-0.05, 0) is 43.7 Å². The predicted octanol–water partition coefficient (Wildman–Crippen LogP) is 2.88. The molecule has 2 saturated heterocycles. The quantitative estimate of drug-likeness (QED) is 0.236. The highest BCUT2D eigenvalue weighted by molar-refractivity contribution is 14.0. The lowest BCUT2D eigenvalue weighted by Crippen LogP contribution is -2.40. The molecule has 1 aromatic carbocycles. The molecule has 2 aliphatic rings. The third kappa shape index (κ3) is 7.75. The van der Waals surface area contributed by atoms with Crippen LogP contribution in [0.1, 0.15) is 25.7 Å². The fourth-order valence-electron chi connectivity index (χ4n) is 3.71. The fraction of sp³-hybridized carbons (Fsp3) is 0.667. The summed E-state index contributed by atoms with van der Waals surface area (Å²) in [6.45, 7) is 6.44. The van der Waals surface area contributed by atoms with Crippen LogP contribution in [0.25, 0.3) is 0 Å². The Balaban J connectivity index is 0.00000280. The summed E-state index contributed by atoms with van der Waals surface area (Å²) in [5, 5.41) is 6.85. The van der Waals surface area contributed by atoms with Gasteiger partial charge in [0.25, 0.3) is 0 Å². The largest absolute Gasteiger partial charge is 0.379 e. The number of nitrogens with one attached hydrogen (secondary N) is 2. The Morgan fingerprint density at radius 2 is 2.11 bits per heavy atom. The van der Waals surface area contributed by atoms with E-state index in [0.29, 0.717) is 12.0 Å². The van der Waals surface area contributed by atoms with Gasteiger partial charge in [0.05, 0.1) is 12.7 Å². The molecule has 2 N–H and O–H groups in total. The molecule has 0 bridgehead atoms. The SMILES string of the molecule is CN=C(NCCCOCC1CCCO1)NCC1CCN(c2ccccc2)C1.I. The van der Waals surface area contributed by atoms with Crippen LogP contribution in [-0.4, -0.2) is 65.1 Å². The minimum Gasteiger partial charge on any atom is -0.379 e. The number of nitrogens with zero attached hydrogens (tertiary/aromatic N) is 2. The maximum atomic E-state index is 5.70. The highest BCUT2D eigenvalue weighted by Crippen LogP contribution is 2.22. The first-order chi connectivity index (χ1) is 13.3. The number of anilines is 1. The molecule has 3 rings (SSSR count). The van der Waals surface area contributed by atoms with E-state index in [-0.39, 0.29) is 24.0 Å². The van der Waals surface area contributed by atoms with Gasteiger partial charge in [-0.1, -0.05) is 18.2 Å². The van der Waals surface area contributed by atoms with Gasteiger partial charge in [0.15, 0.2) is 5.96 Å². The normalized spacial score (nSPS) is 22.2. The lowest BCUT2D eigenvalue weighted by atomic mass is 10.1. The Morgan fingerprint density at radius 3 is 2.86 bits per heavy atom. The number of benzene rings is 1. The molecule has 0 aromatic heterocycles. The summed E-state index contributed by atoms with van der Waals surface area (Å²) >= 11 is 0. The van der Waals surface area contributed by atoms with Gasteiger partial charge in [0.2, 0.25) is 0 Å². The summed E-state index contributed by atoms with van der Waals surface area (Å²) in [6.07, 6.45) is 4.81. The molecule has 2 unspecified atom stereocenters. The second kappa shape index (κ2) is 13.2. The molecule has 2 heterocycles. The van der Waals surface area contributed by atoms with Crippen LogP contribution in [0.15, 0.2) is 35.3 Å². The van der Waals surface area contributed by atoms with E-state index in [9.17, 15) is 0 Å². The van der Waals surface area contributed by atoms with E-state index in [1.54, 1.807) is 0 Å². The van der Waals surface area contributed by atoms with Gasteiger partial charge in [-0.2, -0.15) is 0 Å². The smallest absolute Gasteiger partial charge is 0.190 e. The average Bonchev–Trinajstić information content (AvgIpc) is 3.39. The van der Waals surface area contributed by atoms with E-state index in [4.69, 9.17) is 9.47 Å². The highest BCUT2D eigenvalue weighted by Gasteiger charge is 2.22. The van der Waals surface area contributed by atoms with E-state index < -0.39 is 0 Å². The Labute approximate surface area is 186 Å². The van der Waals surface area contributed by atoms with Crippen LogP contribution in [0.3, 0.4) is 0 Å². The molecule has 1 aromatic rings.